The molecular formula is C15H23ClN4O5S. The lowest BCUT2D eigenvalue weighted by Gasteiger charge is -2.24. The second-order valence-electron chi connectivity index (χ2n) is 6.25. The Morgan fingerprint density at radius 3 is 2.65 bits per heavy atom. The molecule has 1 amide bonds. The fourth-order valence-electron chi connectivity index (χ4n) is 2.96. The number of nitro groups is 1. The topological polar surface area (TPSA) is 127 Å². The first-order valence-corrected chi connectivity index (χ1v) is 9.31. The predicted octanol–water partition coefficient (Wildman–Crippen LogP) is 0.833. The zero-order chi connectivity index (χ0) is 18.8. The summed E-state index contributed by atoms with van der Waals surface area (Å²) in [6.07, 6.45) is 0.795. The molecule has 1 aliphatic heterocycles. The predicted molar refractivity (Wildman–Crippen MR) is 98.5 cm³/mol. The Morgan fingerprint density at radius 2 is 2.12 bits per heavy atom. The number of amides is 1. The third-order valence-electron chi connectivity index (χ3n) is 4.41. The minimum atomic E-state index is -4.00. The summed E-state index contributed by atoms with van der Waals surface area (Å²) >= 11 is 0. The maximum atomic E-state index is 12.6. The number of likely N-dealkylation sites (tertiary alicyclic amines) is 1. The van der Waals surface area contributed by atoms with Gasteiger partial charge in [-0.2, -0.15) is 4.31 Å². The quantitative estimate of drug-likeness (QED) is 0.550. The number of hydrogen-bond donors (Lipinski definition) is 1. The van der Waals surface area contributed by atoms with Gasteiger partial charge in [0.1, 0.15) is 0 Å². The second kappa shape index (κ2) is 8.76. The number of sulfonamides is 1. The first kappa shape index (κ1) is 22.3. The number of nitrogens with two attached hydrogens (primary N) is 1. The molecular weight excluding hydrogens is 384 g/mol. The molecule has 0 aliphatic carbocycles. The van der Waals surface area contributed by atoms with E-state index in [0.717, 1.165) is 16.8 Å². The largest absolute Gasteiger partial charge is 0.339 e. The molecule has 2 rings (SSSR count). The Bertz CT molecular complexity index is 773. The van der Waals surface area contributed by atoms with Crippen molar-refractivity contribution in [3.63, 3.8) is 0 Å². The smallest absolute Gasteiger partial charge is 0.270 e. The summed E-state index contributed by atoms with van der Waals surface area (Å²) < 4.78 is 26.1. The van der Waals surface area contributed by atoms with Gasteiger partial charge < -0.3 is 10.6 Å². The summed E-state index contributed by atoms with van der Waals surface area (Å²) in [5.74, 6) is -0.0856. The molecule has 0 saturated carbocycles. The van der Waals surface area contributed by atoms with Crippen LogP contribution in [0.15, 0.2) is 29.2 Å². The minimum Gasteiger partial charge on any atom is -0.339 e. The molecule has 0 radical (unpaired) electrons. The molecule has 1 saturated heterocycles. The van der Waals surface area contributed by atoms with E-state index < -0.39 is 14.9 Å². The zero-order valence-corrected chi connectivity index (χ0v) is 16.2. The maximum Gasteiger partial charge on any atom is 0.270 e. The van der Waals surface area contributed by atoms with Crippen LogP contribution in [0.5, 0.6) is 0 Å². The molecule has 0 aromatic heterocycles. The van der Waals surface area contributed by atoms with Crippen molar-refractivity contribution in [2.75, 3.05) is 26.7 Å². The van der Waals surface area contributed by atoms with Gasteiger partial charge in [0, 0.05) is 31.8 Å². The van der Waals surface area contributed by atoms with Gasteiger partial charge in [-0.15, -0.1) is 12.4 Å². The third kappa shape index (κ3) is 4.70. The first-order valence-electron chi connectivity index (χ1n) is 7.87. The Balaban J connectivity index is 0.00000338. The molecule has 146 valence electrons. The summed E-state index contributed by atoms with van der Waals surface area (Å²) in [5.41, 5.74) is 5.32. The van der Waals surface area contributed by atoms with Crippen molar-refractivity contribution in [3.8, 4) is 0 Å². The molecule has 26 heavy (non-hydrogen) atoms. The standard InChI is InChI=1S/C15H22N4O5S.ClH/c1-11-6-12(8-16)9-18(11)15(20)10-17(2)25(23,24)14-5-3-4-13(7-14)19(21)22;/h3-5,7,11-12H,6,8-10,16H2,1-2H3;1H. The van der Waals surface area contributed by atoms with Gasteiger partial charge in [0.05, 0.1) is 16.4 Å². The number of halogens is 1. The van der Waals surface area contributed by atoms with Crippen LogP contribution in [0.25, 0.3) is 0 Å². The van der Waals surface area contributed by atoms with E-state index >= 15 is 0 Å². The van der Waals surface area contributed by atoms with Gasteiger partial charge in [-0.25, -0.2) is 8.42 Å². The van der Waals surface area contributed by atoms with Crippen LogP contribution in [0.2, 0.25) is 0 Å². The fraction of sp³-hybridized carbons (Fsp3) is 0.533. The molecule has 2 atom stereocenters. The van der Waals surface area contributed by atoms with Gasteiger partial charge >= 0.3 is 0 Å². The molecule has 1 aromatic rings. The van der Waals surface area contributed by atoms with Crippen molar-refractivity contribution in [1.82, 2.24) is 9.21 Å². The van der Waals surface area contributed by atoms with E-state index in [1.54, 1.807) is 4.90 Å². The number of nitrogens with zero attached hydrogens (tertiary/aromatic N) is 3. The van der Waals surface area contributed by atoms with Crippen molar-refractivity contribution < 1.29 is 18.1 Å². The van der Waals surface area contributed by atoms with Crippen LogP contribution in [0.3, 0.4) is 0 Å². The Labute approximate surface area is 158 Å². The van der Waals surface area contributed by atoms with Crippen LogP contribution >= 0.6 is 12.4 Å². The van der Waals surface area contributed by atoms with E-state index in [9.17, 15) is 23.3 Å². The average Bonchev–Trinajstić information content (AvgIpc) is 2.96. The number of hydrogen-bond acceptors (Lipinski definition) is 6. The fourth-order valence-corrected chi connectivity index (χ4v) is 4.12. The number of non-ortho nitro benzene ring substituents is 1. The number of benzene rings is 1. The normalized spacial score (nSPS) is 20.1. The first-order chi connectivity index (χ1) is 11.7. The van der Waals surface area contributed by atoms with Crippen LogP contribution < -0.4 is 5.73 Å². The molecule has 1 aliphatic rings. The Kier molecular flexibility index (Phi) is 7.51. The highest BCUT2D eigenvalue weighted by atomic mass is 35.5. The number of carbonyl (C=O) groups excluding carboxylic acids is 1. The summed E-state index contributed by atoms with van der Waals surface area (Å²) in [7, 11) is -2.71. The number of rotatable bonds is 6. The van der Waals surface area contributed by atoms with E-state index in [2.05, 4.69) is 0 Å². The molecule has 0 spiro atoms. The van der Waals surface area contributed by atoms with Crippen molar-refractivity contribution >= 4 is 34.0 Å². The molecule has 1 aromatic carbocycles. The van der Waals surface area contributed by atoms with E-state index in [-0.39, 0.29) is 47.4 Å². The third-order valence-corrected chi connectivity index (χ3v) is 6.21. The van der Waals surface area contributed by atoms with Crippen LogP contribution in [0.1, 0.15) is 13.3 Å². The molecule has 1 heterocycles. The van der Waals surface area contributed by atoms with E-state index in [4.69, 9.17) is 5.73 Å². The highest BCUT2D eigenvalue weighted by Gasteiger charge is 2.33. The molecule has 1 fully saturated rings. The highest BCUT2D eigenvalue weighted by molar-refractivity contribution is 7.89. The molecule has 0 bridgehead atoms. The van der Waals surface area contributed by atoms with Crippen molar-refractivity contribution in [1.29, 1.82) is 0 Å². The zero-order valence-electron chi connectivity index (χ0n) is 14.6. The van der Waals surface area contributed by atoms with E-state index in [1.165, 1.54) is 25.2 Å². The lowest BCUT2D eigenvalue weighted by Crippen LogP contribution is -2.42. The van der Waals surface area contributed by atoms with Gasteiger partial charge in [-0.3, -0.25) is 14.9 Å². The van der Waals surface area contributed by atoms with E-state index in [1.807, 2.05) is 6.92 Å². The van der Waals surface area contributed by atoms with Gasteiger partial charge in [0.25, 0.3) is 5.69 Å². The molecule has 9 nitrogen and oxygen atoms in total. The van der Waals surface area contributed by atoms with Crippen LogP contribution in [-0.4, -0.2) is 61.2 Å². The average molecular weight is 407 g/mol. The second-order valence-corrected chi connectivity index (χ2v) is 8.29. The van der Waals surface area contributed by atoms with Gasteiger partial charge in [-0.05, 0) is 31.9 Å². The van der Waals surface area contributed by atoms with Crippen LogP contribution in [-0.2, 0) is 14.8 Å². The minimum absolute atomic E-state index is 0. The van der Waals surface area contributed by atoms with Crippen LogP contribution in [0.4, 0.5) is 5.69 Å². The summed E-state index contributed by atoms with van der Waals surface area (Å²) in [5, 5.41) is 10.8. The summed E-state index contributed by atoms with van der Waals surface area (Å²) in [6.45, 7) is 2.58. The van der Waals surface area contributed by atoms with Gasteiger partial charge in [0.15, 0.2) is 0 Å². The number of carbonyl (C=O) groups is 1. The lowest BCUT2D eigenvalue weighted by atomic mass is 10.1. The van der Waals surface area contributed by atoms with Crippen molar-refractivity contribution in [2.45, 2.75) is 24.3 Å². The Morgan fingerprint density at radius 1 is 1.46 bits per heavy atom. The number of nitro benzene ring substituents is 1. The molecule has 2 N–H and O–H groups in total. The Hall–Kier alpha value is -1.75. The van der Waals surface area contributed by atoms with Gasteiger partial charge in [0.2, 0.25) is 15.9 Å². The monoisotopic (exact) mass is 406 g/mol. The SMILES string of the molecule is CC1CC(CN)CN1C(=O)CN(C)S(=O)(=O)c1cccc([N+](=O)[O-])c1.Cl. The maximum absolute atomic E-state index is 12.6. The highest BCUT2D eigenvalue weighted by Crippen LogP contribution is 2.24. The van der Waals surface area contributed by atoms with E-state index in [0.29, 0.717) is 13.1 Å². The van der Waals surface area contributed by atoms with Gasteiger partial charge in [-0.1, -0.05) is 6.07 Å². The van der Waals surface area contributed by atoms with Crippen molar-refractivity contribution in [3.05, 3.63) is 34.4 Å². The summed E-state index contributed by atoms with van der Waals surface area (Å²) in [6, 6.07) is 4.78. The lowest BCUT2D eigenvalue weighted by molar-refractivity contribution is -0.385. The van der Waals surface area contributed by atoms with Crippen molar-refractivity contribution in [2.24, 2.45) is 11.7 Å². The van der Waals surface area contributed by atoms with Crippen LogP contribution in [0, 0.1) is 16.0 Å². The molecule has 2 unspecified atom stereocenters. The molecule has 11 heteroatoms. The number of likely N-dealkylation sites (N-methyl/N-ethyl adjacent to an activating group) is 1. The summed E-state index contributed by atoms with van der Waals surface area (Å²) in [4.78, 5) is 24.0.